The standard InChI is InChI=1S/C22H37NO11/c1-5-10(2)11(3)20(29)23-13(6-7-24)21(30)33-15-9-31-12(4)16(26)19(15)34-22-18(28)17(27)14(25)8-32-22/h7,10-19,22,25-28H,5-6,8-9H2,1-4H3,(H,23,29)/t10-,11-,12?,13-,14?,15?,16?,17?,18?,19?,22?/m0/s1. The van der Waals surface area contributed by atoms with Gasteiger partial charge >= 0.3 is 5.97 Å². The van der Waals surface area contributed by atoms with Gasteiger partial charge in [-0.05, 0) is 12.8 Å². The highest BCUT2D eigenvalue weighted by atomic mass is 16.7. The molecule has 0 spiro atoms. The summed E-state index contributed by atoms with van der Waals surface area (Å²) in [6, 6.07) is -1.25. The SMILES string of the molecule is CC[C@H](C)[C@H](C)C(=O)N[C@@H](CC=O)C(=O)OC1COC(C)C(O)C1OC1OCC(O)C(O)C1O. The number of hydrogen-bond acceptors (Lipinski definition) is 11. The molecule has 1 amide bonds. The second kappa shape index (κ2) is 12.9. The summed E-state index contributed by atoms with van der Waals surface area (Å²) in [5, 5.41) is 42.8. The maximum Gasteiger partial charge on any atom is 0.329 e. The third-order valence-corrected chi connectivity index (χ3v) is 6.56. The van der Waals surface area contributed by atoms with Crippen LogP contribution in [0.4, 0.5) is 0 Å². The van der Waals surface area contributed by atoms with Gasteiger partial charge < -0.3 is 49.5 Å². The number of aliphatic hydroxyl groups is 4. The van der Waals surface area contributed by atoms with Gasteiger partial charge in [-0.2, -0.15) is 0 Å². The molecule has 8 unspecified atom stereocenters. The van der Waals surface area contributed by atoms with Crippen molar-refractivity contribution in [2.45, 2.75) is 95.6 Å². The van der Waals surface area contributed by atoms with Crippen molar-refractivity contribution in [3.8, 4) is 0 Å². The van der Waals surface area contributed by atoms with E-state index in [1.54, 1.807) is 13.8 Å². The van der Waals surface area contributed by atoms with Crippen molar-refractivity contribution in [3.05, 3.63) is 0 Å². The smallest absolute Gasteiger partial charge is 0.329 e. The molecule has 2 fully saturated rings. The van der Waals surface area contributed by atoms with Crippen LogP contribution in [0.3, 0.4) is 0 Å². The summed E-state index contributed by atoms with van der Waals surface area (Å²) in [5.74, 6) is -1.65. The zero-order chi connectivity index (χ0) is 25.6. The zero-order valence-corrected chi connectivity index (χ0v) is 19.9. The maximum atomic E-state index is 12.8. The predicted octanol–water partition coefficient (Wildman–Crippen LogP) is -1.74. The van der Waals surface area contributed by atoms with E-state index in [4.69, 9.17) is 18.9 Å². The molecule has 2 aliphatic heterocycles. The number of hydrogen-bond donors (Lipinski definition) is 5. The molecule has 0 radical (unpaired) electrons. The Morgan fingerprint density at radius 3 is 2.38 bits per heavy atom. The second-order valence-corrected chi connectivity index (χ2v) is 8.99. The summed E-state index contributed by atoms with van der Waals surface area (Å²) in [6.07, 6.45) is -9.34. The van der Waals surface area contributed by atoms with Crippen molar-refractivity contribution in [1.29, 1.82) is 0 Å². The highest BCUT2D eigenvalue weighted by molar-refractivity contribution is 5.87. The largest absolute Gasteiger partial charge is 0.455 e. The number of nitrogens with one attached hydrogen (secondary N) is 1. The van der Waals surface area contributed by atoms with E-state index in [1.807, 2.05) is 13.8 Å². The number of esters is 1. The average molecular weight is 492 g/mol. The summed E-state index contributed by atoms with van der Waals surface area (Å²) in [6.45, 7) is 6.65. The van der Waals surface area contributed by atoms with E-state index in [-0.39, 0.29) is 25.6 Å². The molecule has 0 aromatic carbocycles. The van der Waals surface area contributed by atoms with Crippen LogP contribution in [-0.2, 0) is 33.3 Å². The molecule has 5 N–H and O–H groups in total. The molecule has 12 heteroatoms. The van der Waals surface area contributed by atoms with E-state index in [0.29, 0.717) is 6.29 Å². The van der Waals surface area contributed by atoms with Crippen molar-refractivity contribution in [1.82, 2.24) is 5.32 Å². The Labute approximate surface area is 198 Å². The lowest BCUT2D eigenvalue weighted by Gasteiger charge is -2.42. The van der Waals surface area contributed by atoms with Crippen LogP contribution < -0.4 is 5.32 Å². The van der Waals surface area contributed by atoms with Gasteiger partial charge in [0.1, 0.15) is 42.8 Å². The van der Waals surface area contributed by atoms with E-state index in [0.717, 1.165) is 6.42 Å². The van der Waals surface area contributed by atoms with E-state index in [9.17, 15) is 34.8 Å². The first kappa shape index (κ1) is 28.6. The molecule has 0 aromatic heterocycles. The van der Waals surface area contributed by atoms with E-state index < -0.39 is 72.9 Å². The highest BCUT2D eigenvalue weighted by Gasteiger charge is 2.46. The highest BCUT2D eigenvalue weighted by Crippen LogP contribution is 2.26. The summed E-state index contributed by atoms with van der Waals surface area (Å²) in [4.78, 5) is 36.5. The fourth-order valence-corrected chi connectivity index (χ4v) is 3.71. The summed E-state index contributed by atoms with van der Waals surface area (Å²) in [7, 11) is 0. The van der Waals surface area contributed by atoms with Crippen LogP contribution in [0.2, 0.25) is 0 Å². The molecule has 12 nitrogen and oxygen atoms in total. The Morgan fingerprint density at radius 2 is 1.76 bits per heavy atom. The van der Waals surface area contributed by atoms with Gasteiger partial charge in [0, 0.05) is 12.3 Å². The summed E-state index contributed by atoms with van der Waals surface area (Å²) < 4.78 is 21.8. The third kappa shape index (κ3) is 6.94. The number of carbonyl (C=O) groups excluding carboxylic acids is 3. The first-order valence-corrected chi connectivity index (χ1v) is 11.6. The second-order valence-electron chi connectivity index (χ2n) is 8.99. The van der Waals surface area contributed by atoms with Gasteiger partial charge in [0.15, 0.2) is 12.4 Å². The normalized spacial score (nSPS) is 36.7. The first-order chi connectivity index (χ1) is 16.0. The van der Waals surface area contributed by atoms with Crippen LogP contribution in [0.25, 0.3) is 0 Å². The Kier molecular flexibility index (Phi) is 10.8. The molecule has 2 rings (SSSR count). The van der Waals surface area contributed by atoms with Crippen LogP contribution in [-0.4, -0.2) is 107 Å². The molecule has 2 heterocycles. The third-order valence-electron chi connectivity index (χ3n) is 6.56. The molecule has 34 heavy (non-hydrogen) atoms. The van der Waals surface area contributed by atoms with Crippen LogP contribution in [0, 0.1) is 11.8 Å². The Morgan fingerprint density at radius 1 is 1.09 bits per heavy atom. The number of rotatable bonds is 10. The summed E-state index contributed by atoms with van der Waals surface area (Å²) >= 11 is 0. The number of amides is 1. The number of aliphatic hydroxyl groups excluding tert-OH is 4. The lowest BCUT2D eigenvalue weighted by molar-refractivity contribution is -0.314. The molecule has 2 aliphatic rings. The maximum absolute atomic E-state index is 12.8. The number of carbonyl (C=O) groups is 3. The Hall–Kier alpha value is -1.67. The van der Waals surface area contributed by atoms with Crippen LogP contribution in [0.5, 0.6) is 0 Å². The van der Waals surface area contributed by atoms with Gasteiger partial charge in [-0.1, -0.05) is 27.2 Å². The van der Waals surface area contributed by atoms with Crippen molar-refractivity contribution >= 4 is 18.2 Å². The number of ether oxygens (including phenoxy) is 4. The molecule has 0 bridgehead atoms. The molecule has 0 aromatic rings. The van der Waals surface area contributed by atoms with E-state index in [2.05, 4.69) is 5.32 Å². The van der Waals surface area contributed by atoms with Crippen molar-refractivity contribution in [3.63, 3.8) is 0 Å². The molecular formula is C22H37NO11. The summed E-state index contributed by atoms with van der Waals surface area (Å²) in [5.41, 5.74) is 0. The Balaban J connectivity index is 2.11. The van der Waals surface area contributed by atoms with Gasteiger partial charge in [0.05, 0.1) is 19.3 Å². The van der Waals surface area contributed by atoms with Gasteiger partial charge in [-0.3, -0.25) is 4.79 Å². The van der Waals surface area contributed by atoms with E-state index in [1.165, 1.54) is 0 Å². The van der Waals surface area contributed by atoms with Gasteiger partial charge in [0.25, 0.3) is 0 Å². The van der Waals surface area contributed by atoms with Gasteiger partial charge in [0.2, 0.25) is 5.91 Å². The molecule has 2 saturated heterocycles. The molecule has 0 saturated carbocycles. The van der Waals surface area contributed by atoms with Crippen molar-refractivity contribution in [2.24, 2.45) is 11.8 Å². The molecular weight excluding hydrogens is 454 g/mol. The minimum Gasteiger partial charge on any atom is -0.455 e. The van der Waals surface area contributed by atoms with Crippen LogP contribution in [0.15, 0.2) is 0 Å². The first-order valence-electron chi connectivity index (χ1n) is 11.6. The average Bonchev–Trinajstić information content (AvgIpc) is 2.82. The molecule has 196 valence electrons. The van der Waals surface area contributed by atoms with Gasteiger partial charge in [-0.25, -0.2) is 4.79 Å². The monoisotopic (exact) mass is 491 g/mol. The van der Waals surface area contributed by atoms with Crippen molar-refractivity contribution in [2.75, 3.05) is 13.2 Å². The zero-order valence-electron chi connectivity index (χ0n) is 19.9. The number of aldehydes is 1. The topological polar surface area (TPSA) is 181 Å². The fourth-order valence-electron chi connectivity index (χ4n) is 3.71. The molecule has 0 aliphatic carbocycles. The minimum absolute atomic E-state index is 0.0600. The quantitative estimate of drug-likeness (QED) is 0.173. The molecule has 11 atom stereocenters. The van der Waals surface area contributed by atoms with Crippen LogP contribution in [0.1, 0.15) is 40.5 Å². The van der Waals surface area contributed by atoms with Crippen molar-refractivity contribution < 1.29 is 53.8 Å². The fraction of sp³-hybridized carbons (Fsp3) is 0.864. The van der Waals surface area contributed by atoms with Crippen LogP contribution >= 0.6 is 0 Å². The van der Waals surface area contributed by atoms with E-state index >= 15 is 0 Å². The Bertz CT molecular complexity index is 692. The minimum atomic E-state index is -1.62. The lowest BCUT2D eigenvalue weighted by atomic mass is 9.92. The predicted molar refractivity (Wildman–Crippen MR) is 115 cm³/mol. The lowest BCUT2D eigenvalue weighted by Crippen LogP contribution is -2.60. The van der Waals surface area contributed by atoms with Gasteiger partial charge in [-0.15, -0.1) is 0 Å².